The highest BCUT2D eigenvalue weighted by Gasteiger charge is 2.29. The molecule has 20 heavy (non-hydrogen) atoms. The van der Waals surface area contributed by atoms with Gasteiger partial charge in [-0.25, -0.2) is 0 Å². The molecule has 1 aromatic carbocycles. The Morgan fingerprint density at radius 1 is 1.40 bits per heavy atom. The Morgan fingerprint density at radius 3 is 2.95 bits per heavy atom. The zero-order valence-corrected chi connectivity index (χ0v) is 13.2. The van der Waals surface area contributed by atoms with Crippen LogP contribution >= 0.6 is 15.9 Å². The van der Waals surface area contributed by atoms with E-state index in [0.29, 0.717) is 12.0 Å². The topological polar surface area (TPSA) is 42.7 Å². The molecule has 0 aliphatic heterocycles. The van der Waals surface area contributed by atoms with Gasteiger partial charge in [0.2, 0.25) is 0 Å². The van der Waals surface area contributed by atoms with Gasteiger partial charge in [0.1, 0.15) is 12.2 Å². The Balaban J connectivity index is 1.41. The van der Waals surface area contributed by atoms with Crippen molar-refractivity contribution in [3.05, 3.63) is 46.5 Å². The second-order valence-corrected chi connectivity index (χ2v) is 6.40. The Kier molecular flexibility index (Phi) is 4.17. The van der Waals surface area contributed by atoms with Crippen LogP contribution in [0.5, 0.6) is 0 Å². The number of nitrogens with zero attached hydrogens (tertiary/aromatic N) is 3. The van der Waals surface area contributed by atoms with Crippen molar-refractivity contribution in [2.75, 3.05) is 6.54 Å². The highest BCUT2D eigenvalue weighted by molar-refractivity contribution is 9.10. The Labute approximate surface area is 127 Å². The highest BCUT2D eigenvalue weighted by atomic mass is 79.9. The van der Waals surface area contributed by atoms with E-state index in [2.05, 4.69) is 55.7 Å². The number of rotatable bonds is 5. The minimum atomic E-state index is 0.646. The fourth-order valence-corrected chi connectivity index (χ4v) is 3.16. The van der Waals surface area contributed by atoms with Gasteiger partial charge in [-0.15, -0.1) is 10.2 Å². The van der Waals surface area contributed by atoms with Gasteiger partial charge in [-0.2, -0.15) is 0 Å². The van der Waals surface area contributed by atoms with Crippen molar-refractivity contribution < 1.29 is 0 Å². The molecule has 0 atom stereocenters. The minimum absolute atomic E-state index is 0.646. The van der Waals surface area contributed by atoms with Crippen molar-refractivity contribution in [1.29, 1.82) is 0 Å². The minimum Gasteiger partial charge on any atom is -0.321 e. The molecule has 3 rings (SSSR count). The number of aromatic nitrogens is 3. The van der Waals surface area contributed by atoms with E-state index in [1.54, 1.807) is 6.33 Å². The largest absolute Gasteiger partial charge is 0.321 e. The van der Waals surface area contributed by atoms with Gasteiger partial charge < -0.3 is 9.88 Å². The van der Waals surface area contributed by atoms with Gasteiger partial charge in [-0.3, -0.25) is 0 Å². The first-order valence-corrected chi connectivity index (χ1v) is 7.83. The number of nitrogens with one attached hydrogen (secondary N) is 1. The Bertz CT molecular complexity index is 575. The summed E-state index contributed by atoms with van der Waals surface area (Å²) in [5.41, 5.74) is 1.45. The molecule has 1 aromatic heterocycles. The molecule has 5 heteroatoms. The maximum absolute atomic E-state index is 4.10. The Morgan fingerprint density at radius 2 is 2.25 bits per heavy atom. The fourth-order valence-electron chi connectivity index (χ4n) is 2.74. The maximum Gasteiger partial charge on any atom is 0.133 e. The molecule has 1 N–H and O–H groups in total. The third-order valence-electron chi connectivity index (χ3n) is 4.04. The molecule has 1 saturated carbocycles. The van der Waals surface area contributed by atoms with E-state index in [1.165, 1.54) is 22.9 Å². The number of halogens is 1. The summed E-state index contributed by atoms with van der Waals surface area (Å²) in [7, 11) is 1.99. The molecule has 0 bridgehead atoms. The first kappa shape index (κ1) is 13.8. The predicted molar refractivity (Wildman–Crippen MR) is 82.6 cm³/mol. The zero-order valence-electron chi connectivity index (χ0n) is 11.6. The number of hydrogen-bond donors (Lipinski definition) is 1. The summed E-state index contributed by atoms with van der Waals surface area (Å²) in [4.78, 5) is 0. The summed E-state index contributed by atoms with van der Waals surface area (Å²) in [6.07, 6.45) is 5.15. The van der Waals surface area contributed by atoms with Crippen LogP contribution in [0.1, 0.15) is 30.1 Å². The summed E-state index contributed by atoms with van der Waals surface area (Å²) in [6, 6.07) is 9.31. The lowest BCUT2D eigenvalue weighted by Gasteiger charge is -2.36. The first-order valence-electron chi connectivity index (χ1n) is 7.04. The number of benzene rings is 1. The predicted octanol–water partition coefficient (Wildman–Crippen LogP) is 2.66. The van der Waals surface area contributed by atoms with Gasteiger partial charge in [0.05, 0.1) is 0 Å². The van der Waals surface area contributed by atoms with Crippen molar-refractivity contribution in [2.45, 2.75) is 31.2 Å². The monoisotopic (exact) mass is 334 g/mol. The molecule has 0 unspecified atom stereocenters. The molecule has 106 valence electrons. The summed E-state index contributed by atoms with van der Waals surface area (Å²) >= 11 is 3.54. The smallest absolute Gasteiger partial charge is 0.133 e. The third kappa shape index (κ3) is 3.10. The number of aryl methyl sites for hydroxylation is 1. The maximum atomic E-state index is 4.10. The Hall–Kier alpha value is -1.20. The van der Waals surface area contributed by atoms with Crippen molar-refractivity contribution in [2.24, 2.45) is 7.05 Å². The fraction of sp³-hybridized carbons (Fsp3) is 0.467. The molecule has 2 aromatic rings. The molecule has 1 heterocycles. The summed E-state index contributed by atoms with van der Waals surface area (Å²) in [5.74, 6) is 1.75. The van der Waals surface area contributed by atoms with Crippen LogP contribution in [-0.4, -0.2) is 27.4 Å². The SMILES string of the molecule is Cn1cnnc1CCNC1CC(c2cccc(Br)c2)C1. The average Bonchev–Trinajstić information content (AvgIpc) is 2.78. The summed E-state index contributed by atoms with van der Waals surface area (Å²) < 4.78 is 3.15. The molecule has 1 aliphatic rings. The van der Waals surface area contributed by atoms with Crippen LogP contribution in [0.4, 0.5) is 0 Å². The second-order valence-electron chi connectivity index (χ2n) is 5.48. The molecular weight excluding hydrogens is 316 g/mol. The van der Waals surface area contributed by atoms with E-state index in [-0.39, 0.29) is 0 Å². The van der Waals surface area contributed by atoms with Gasteiger partial charge in [0.25, 0.3) is 0 Å². The van der Waals surface area contributed by atoms with Crippen LogP contribution in [0.2, 0.25) is 0 Å². The van der Waals surface area contributed by atoms with E-state index >= 15 is 0 Å². The van der Waals surface area contributed by atoms with Crippen LogP contribution in [0.25, 0.3) is 0 Å². The molecule has 1 fully saturated rings. The van der Waals surface area contributed by atoms with Gasteiger partial charge >= 0.3 is 0 Å². The van der Waals surface area contributed by atoms with Crippen LogP contribution < -0.4 is 5.32 Å². The summed E-state index contributed by atoms with van der Waals surface area (Å²) in [6.45, 7) is 0.975. The van der Waals surface area contributed by atoms with Crippen LogP contribution in [-0.2, 0) is 13.5 Å². The molecule has 0 radical (unpaired) electrons. The van der Waals surface area contributed by atoms with Crippen molar-refractivity contribution in [3.8, 4) is 0 Å². The first-order chi connectivity index (χ1) is 9.72. The van der Waals surface area contributed by atoms with E-state index in [1.807, 2.05) is 11.6 Å². The lowest BCUT2D eigenvalue weighted by atomic mass is 9.76. The van der Waals surface area contributed by atoms with E-state index in [0.717, 1.165) is 18.8 Å². The molecular formula is C15H19BrN4. The van der Waals surface area contributed by atoms with E-state index in [4.69, 9.17) is 0 Å². The molecule has 0 saturated heterocycles. The van der Waals surface area contributed by atoms with E-state index < -0.39 is 0 Å². The van der Waals surface area contributed by atoms with E-state index in [9.17, 15) is 0 Å². The number of hydrogen-bond acceptors (Lipinski definition) is 3. The third-order valence-corrected chi connectivity index (χ3v) is 4.54. The van der Waals surface area contributed by atoms with Crippen LogP contribution in [0.3, 0.4) is 0 Å². The van der Waals surface area contributed by atoms with Gasteiger partial charge in [-0.05, 0) is 36.5 Å². The second kappa shape index (κ2) is 6.06. The zero-order chi connectivity index (χ0) is 13.9. The highest BCUT2D eigenvalue weighted by Crippen LogP contribution is 2.37. The quantitative estimate of drug-likeness (QED) is 0.914. The molecule has 0 amide bonds. The average molecular weight is 335 g/mol. The van der Waals surface area contributed by atoms with Gasteiger partial charge in [0.15, 0.2) is 0 Å². The van der Waals surface area contributed by atoms with Crippen LogP contribution in [0.15, 0.2) is 35.1 Å². The molecule has 0 spiro atoms. The van der Waals surface area contributed by atoms with Crippen molar-refractivity contribution in [3.63, 3.8) is 0 Å². The lowest BCUT2D eigenvalue weighted by molar-refractivity contribution is 0.292. The van der Waals surface area contributed by atoms with Gasteiger partial charge in [0, 0.05) is 30.5 Å². The standard InChI is InChI=1S/C15H19BrN4/c1-20-10-18-19-15(20)5-6-17-14-8-12(9-14)11-3-2-4-13(16)7-11/h2-4,7,10,12,14,17H,5-6,8-9H2,1H3. The lowest BCUT2D eigenvalue weighted by Crippen LogP contribution is -2.41. The van der Waals surface area contributed by atoms with Gasteiger partial charge in [-0.1, -0.05) is 28.1 Å². The molecule has 4 nitrogen and oxygen atoms in total. The molecule has 1 aliphatic carbocycles. The summed E-state index contributed by atoms with van der Waals surface area (Å²) in [5, 5.41) is 11.6. The van der Waals surface area contributed by atoms with Crippen LogP contribution in [0, 0.1) is 0 Å². The normalized spacial score (nSPS) is 21.7. The van der Waals surface area contributed by atoms with Crippen molar-refractivity contribution in [1.82, 2.24) is 20.1 Å². The van der Waals surface area contributed by atoms with Crippen molar-refractivity contribution >= 4 is 15.9 Å².